The number of alkyl halides is 2. The Balaban J connectivity index is 1.38. The number of ether oxygens (including phenoxy) is 1. The molecule has 2 fully saturated rings. The van der Waals surface area contributed by atoms with Gasteiger partial charge in [-0.2, -0.15) is 0 Å². The molecule has 140 valence electrons. The number of imidazole rings is 1. The fourth-order valence-corrected chi connectivity index (χ4v) is 3.94. The predicted octanol–water partition coefficient (Wildman–Crippen LogP) is 3.94. The largest absolute Gasteiger partial charge is 0.365 e. The number of hydrogen-bond donors (Lipinski definition) is 1. The van der Waals surface area contributed by atoms with E-state index in [0.717, 1.165) is 28.0 Å². The molecule has 0 radical (unpaired) electrons. The van der Waals surface area contributed by atoms with E-state index in [1.54, 1.807) is 11.2 Å². The van der Waals surface area contributed by atoms with Gasteiger partial charge in [0.1, 0.15) is 6.73 Å². The minimum atomic E-state index is -2.58. The number of halogens is 2. The molecule has 2 aliphatic heterocycles. The third-order valence-electron chi connectivity index (χ3n) is 5.43. The van der Waals surface area contributed by atoms with Crippen LogP contribution in [0.1, 0.15) is 18.0 Å². The van der Waals surface area contributed by atoms with Crippen LogP contribution in [0.15, 0.2) is 48.8 Å². The van der Waals surface area contributed by atoms with Crippen LogP contribution in [0.4, 0.5) is 20.2 Å². The lowest BCUT2D eigenvalue weighted by atomic mass is 10.1. The highest BCUT2D eigenvalue weighted by Crippen LogP contribution is 2.35. The fourth-order valence-electron chi connectivity index (χ4n) is 3.94. The molecule has 0 amide bonds. The molecule has 3 aromatic rings. The summed E-state index contributed by atoms with van der Waals surface area (Å²) in [6, 6.07) is 14.1. The van der Waals surface area contributed by atoms with Crippen LogP contribution in [0.2, 0.25) is 0 Å². The van der Waals surface area contributed by atoms with Crippen molar-refractivity contribution in [2.24, 2.45) is 0 Å². The third kappa shape index (κ3) is 3.02. The van der Waals surface area contributed by atoms with Gasteiger partial charge in [0.2, 0.25) is 0 Å². The summed E-state index contributed by atoms with van der Waals surface area (Å²) in [4.78, 5) is 11.4. The highest BCUT2D eigenvalue weighted by atomic mass is 19.3. The van der Waals surface area contributed by atoms with Crippen molar-refractivity contribution in [1.29, 1.82) is 0 Å². The Labute approximate surface area is 155 Å². The zero-order valence-electron chi connectivity index (χ0n) is 14.7. The van der Waals surface area contributed by atoms with Crippen molar-refractivity contribution >= 4 is 22.4 Å². The normalized spacial score (nSPS) is 22.1. The lowest BCUT2D eigenvalue weighted by Crippen LogP contribution is -2.25. The van der Waals surface area contributed by atoms with E-state index < -0.39 is 5.92 Å². The van der Waals surface area contributed by atoms with E-state index >= 15 is 0 Å². The van der Waals surface area contributed by atoms with E-state index in [1.165, 1.54) is 0 Å². The lowest BCUT2D eigenvalue weighted by Gasteiger charge is -2.26. The molecular formula is C20H20F2N4O. The average Bonchev–Trinajstić information content (AvgIpc) is 3.40. The van der Waals surface area contributed by atoms with Gasteiger partial charge in [0, 0.05) is 24.3 Å². The van der Waals surface area contributed by atoms with E-state index in [2.05, 4.69) is 20.9 Å². The van der Waals surface area contributed by atoms with Gasteiger partial charge in [-0.3, -0.25) is 0 Å². The molecule has 1 unspecified atom stereocenters. The van der Waals surface area contributed by atoms with Crippen LogP contribution in [0, 0.1) is 0 Å². The molecular weight excluding hydrogens is 350 g/mol. The van der Waals surface area contributed by atoms with E-state index in [4.69, 9.17) is 4.74 Å². The first kappa shape index (κ1) is 16.5. The summed E-state index contributed by atoms with van der Waals surface area (Å²) in [5.74, 6) is -2.58. The van der Waals surface area contributed by atoms with Crippen LogP contribution in [0.25, 0.3) is 11.0 Å². The minimum absolute atomic E-state index is 0.0747. The molecule has 5 nitrogen and oxygen atoms in total. The maximum Gasteiger partial charge on any atom is 0.266 e. The summed E-state index contributed by atoms with van der Waals surface area (Å²) in [5.41, 5.74) is 4.94. The third-order valence-corrected chi connectivity index (χ3v) is 5.43. The van der Waals surface area contributed by atoms with E-state index in [9.17, 15) is 8.78 Å². The number of H-pyrrole nitrogens is 1. The van der Waals surface area contributed by atoms with Crippen molar-refractivity contribution in [1.82, 2.24) is 9.97 Å². The van der Waals surface area contributed by atoms with Crippen LogP contribution in [0.5, 0.6) is 0 Å². The first-order chi connectivity index (χ1) is 13.1. The summed E-state index contributed by atoms with van der Waals surface area (Å²) >= 11 is 0. The SMILES string of the molecule is FC1(F)CCN(c2ccc(C3COCN3c3ccc4[nH]cnc4c3)cc2)C1. The second-order valence-electron chi connectivity index (χ2n) is 7.21. The van der Waals surface area contributed by atoms with Crippen molar-refractivity contribution in [3.8, 4) is 0 Å². The predicted molar refractivity (Wildman–Crippen MR) is 100 cm³/mol. The summed E-state index contributed by atoms with van der Waals surface area (Å²) in [6.45, 7) is 1.31. The van der Waals surface area contributed by atoms with E-state index in [-0.39, 0.29) is 19.0 Å². The quantitative estimate of drug-likeness (QED) is 0.758. The zero-order valence-corrected chi connectivity index (χ0v) is 14.7. The number of nitrogens with one attached hydrogen (secondary N) is 1. The molecule has 0 aliphatic carbocycles. The van der Waals surface area contributed by atoms with E-state index in [0.29, 0.717) is 19.9 Å². The molecule has 1 aromatic heterocycles. The van der Waals surface area contributed by atoms with Gasteiger partial charge in [-0.25, -0.2) is 13.8 Å². The molecule has 1 N–H and O–H groups in total. The molecule has 0 bridgehead atoms. The van der Waals surface area contributed by atoms with Gasteiger partial charge in [-0.1, -0.05) is 12.1 Å². The number of aromatic amines is 1. The van der Waals surface area contributed by atoms with Crippen molar-refractivity contribution < 1.29 is 13.5 Å². The van der Waals surface area contributed by atoms with Gasteiger partial charge in [0.25, 0.3) is 5.92 Å². The zero-order chi connectivity index (χ0) is 18.4. The van der Waals surface area contributed by atoms with Gasteiger partial charge in [-0.05, 0) is 35.9 Å². The molecule has 3 heterocycles. The van der Waals surface area contributed by atoms with Gasteiger partial charge in [-0.15, -0.1) is 0 Å². The Hall–Kier alpha value is -2.67. The number of nitrogens with zero attached hydrogens (tertiary/aromatic N) is 3. The standard InChI is InChI=1S/C20H20F2N4O/c21-20(22)7-8-25(11-20)15-3-1-14(2-4-15)19-10-27-13-26(19)16-5-6-17-18(9-16)24-12-23-17/h1-6,9,12,19H,7-8,10-11,13H2,(H,23,24). The Morgan fingerprint density at radius 1 is 1.11 bits per heavy atom. The Morgan fingerprint density at radius 3 is 2.70 bits per heavy atom. The van der Waals surface area contributed by atoms with Crippen LogP contribution in [-0.2, 0) is 4.74 Å². The van der Waals surface area contributed by atoms with Crippen LogP contribution in [0.3, 0.4) is 0 Å². The molecule has 1 atom stereocenters. The van der Waals surface area contributed by atoms with Gasteiger partial charge < -0.3 is 19.5 Å². The number of rotatable bonds is 3. The number of hydrogen-bond acceptors (Lipinski definition) is 4. The van der Waals surface area contributed by atoms with Crippen molar-refractivity contribution in [2.45, 2.75) is 18.4 Å². The van der Waals surface area contributed by atoms with E-state index in [1.807, 2.05) is 36.4 Å². The first-order valence-corrected chi connectivity index (χ1v) is 9.09. The highest BCUT2D eigenvalue weighted by Gasteiger charge is 2.38. The minimum Gasteiger partial charge on any atom is -0.365 e. The molecule has 2 aromatic carbocycles. The molecule has 5 rings (SSSR count). The van der Waals surface area contributed by atoms with Crippen molar-refractivity contribution in [3.63, 3.8) is 0 Å². The molecule has 2 aliphatic rings. The van der Waals surface area contributed by atoms with Crippen LogP contribution in [-0.4, -0.2) is 42.3 Å². The molecule has 7 heteroatoms. The molecule has 0 saturated carbocycles. The van der Waals surface area contributed by atoms with Crippen molar-refractivity contribution in [2.75, 3.05) is 36.2 Å². The number of anilines is 2. The second-order valence-corrected chi connectivity index (χ2v) is 7.21. The maximum absolute atomic E-state index is 13.5. The molecule has 0 spiro atoms. The number of benzene rings is 2. The second kappa shape index (κ2) is 6.20. The maximum atomic E-state index is 13.5. The topological polar surface area (TPSA) is 44.4 Å². The summed E-state index contributed by atoms with van der Waals surface area (Å²) < 4.78 is 32.6. The summed E-state index contributed by atoms with van der Waals surface area (Å²) in [7, 11) is 0. The average molecular weight is 370 g/mol. The highest BCUT2D eigenvalue weighted by molar-refractivity contribution is 5.79. The van der Waals surface area contributed by atoms with Gasteiger partial charge in [0.05, 0.1) is 36.6 Å². The monoisotopic (exact) mass is 370 g/mol. The molecule has 27 heavy (non-hydrogen) atoms. The number of aromatic nitrogens is 2. The Bertz CT molecular complexity index is 956. The Morgan fingerprint density at radius 2 is 1.93 bits per heavy atom. The number of fused-ring (bicyclic) bond motifs is 1. The smallest absolute Gasteiger partial charge is 0.266 e. The lowest BCUT2D eigenvalue weighted by molar-refractivity contribution is 0.0257. The summed E-state index contributed by atoms with van der Waals surface area (Å²) in [6.07, 6.45) is 1.61. The summed E-state index contributed by atoms with van der Waals surface area (Å²) in [5, 5.41) is 0. The van der Waals surface area contributed by atoms with Crippen LogP contribution < -0.4 is 9.80 Å². The first-order valence-electron chi connectivity index (χ1n) is 9.09. The molecule has 2 saturated heterocycles. The van der Waals surface area contributed by atoms with Crippen LogP contribution >= 0.6 is 0 Å². The van der Waals surface area contributed by atoms with Gasteiger partial charge >= 0.3 is 0 Å². The van der Waals surface area contributed by atoms with Crippen molar-refractivity contribution in [3.05, 3.63) is 54.4 Å². The fraction of sp³-hybridized carbons (Fsp3) is 0.350. The Kier molecular flexibility index (Phi) is 3.79. The van der Waals surface area contributed by atoms with Gasteiger partial charge in [0.15, 0.2) is 0 Å².